The summed E-state index contributed by atoms with van der Waals surface area (Å²) in [4.78, 5) is 0. The molecule has 2 unspecified atom stereocenters. The molecule has 0 radical (unpaired) electrons. The first-order valence-electron chi connectivity index (χ1n) is 5.74. The molecule has 1 rings (SSSR count). The second-order valence-electron chi connectivity index (χ2n) is 4.80. The highest BCUT2D eigenvalue weighted by molar-refractivity contribution is 4.75. The van der Waals surface area contributed by atoms with Crippen molar-refractivity contribution in [1.29, 1.82) is 0 Å². The van der Waals surface area contributed by atoms with Crippen LogP contribution in [0.2, 0.25) is 0 Å². The van der Waals surface area contributed by atoms with Gasteiger partial charge in [0.1, 0.15) is 0 Å². The number of hydrogen-bond donors (Lipinski definition) is 0. The van der Waals surface area contributed by atoms with E-state index < -0.39 is 0 Å². The van der Waals surface area contributed by atoms with E-state index in [1.54, 1.807) is 0 Å². The quantitative estimate of drug-likeness (QED) is 0.591. The van der Waals surface area contributed by atoms with Gasteiger partial charge in [-0.2, -0.15) is 0 Å². The first-order chi connectivity index (χ1) is 5.74. The van der Waals surface area contributed by atoms with Gasteiger partial charge in [0.2, 0.25) is 0 Å². The zero-order valence-electron chi connectivity index (χ0n) is 8.97. The molecule has 0 aromatic heterocycles. The van der Waals surface area contributed by atoms with Gasteiger partial charge in [-0.25, -0.2) is 0 Å². The van der Waals surface area contributed by atoms with Crippen molar-refractivity contribution in [1.82, 2.24) is 0 Å². The van der Waals surface area contributed by atoms with Gasteiger partial charge in [-0.1, -0.05) is 46.5 Å². The topological polar surface area (TPSA) is 0 Å². The lowest BCUT2D eigenvalue weighted by Crippen LogP contribution is -2.21. The average Bonchev–Trinajstić information content (AvgIpc) is 2.03. The van der Waals surface area contributed by atoms with Gasteiger partial charge in [-0.3, -0.25) is 0 Å². The molecule has 3 atom stereocenters. The van der Waals surface area contributed by atoms with Gasteiger partial charge in [0.25, 0.3) is 0 Å². The standard InChI is InChI=1S/C12H24/c1-4-5-6-12-8-7-10(2)9-11(12)3/h10-12H,4-9H2,1-3H3/t10?,11-,12?/m1/s1. The molecule has 0 aromatic rings. The average molecular weight is 168 g/mol. The van der Waals surface area contributed by atoms with Crippen LogP contribution < -0.4 is 0 Å². The fraction of sp³-hybridized carbons (Fsp3) is 1.00. The van der Waals surface area contributed by atoms with Crippen LogP contribution in [-0.2, 0) is 0 Å². The molecule has 0 N–H and O–H groups in total. The van der Waals surface area contributed by atoms with Gasteiger partial charge in [-0.15, -0.1) is 0 Å². The van der Waals surface area contributed by atoms with E-state index in [1.165, 1.54) is 38.5 Å². The van der Waals surface area contributed by atoms with Crippen molar-refractivity contribution in [3.05, 3.63) is 0 Å². The van der Waals surface area contributed by atoms with E-state index in [-0.39, 0.29) is 0 Å². The molecule has 12 heavy (non-hydrogen) atoms. The predicted molar refractivity (Wildman–Crippen MR) is 55.2 cm³/mol. The second-order valence-corrected chi connectivity index (χ2v) is 4.80. The van der Waals surface area contributed by atoms with Gasteiger partial charge in [0, 0.05) is 0 Å². The molecule has 0 bridgehead atoms. The lowest BCUT2D eigenvalue weighted by atomic mass is 9.74. The SMILES string of the molecule is CCCCC1CCC(C)C[C@H]1C. The largest absolute Gasteiger partial charge is 0.0654 e. The monoisotopic (exact) mass is 168 g/mol. The van der Waals surface area contributed by atoms with E-state index in [0.29, 0.717) is 0 Å². The van der Waals surface area contributed by atoms with Crippen LogP contribution in [0.4, 0.5) is 0 Å². The van der Waals surface area contributed by atoms with E-state index in [4.69, 9.17) is 0 Å². The first kappa shape index (κ1) is 10.1. The van der Waals surface area contributed by atoms with Gasteiger partial charge in [-0.05, 0) is 30.6 Å². The Labute approximate surface area is 77.7 Å². The Hall–Kier alpha value is 0. The minimum Gasteiger partial charge on any atom is -0.0654 e. The van der Waals surface area contributed by atoms with E-state index in [1.807, 2.05) is 0 Å². The van der Waals surface area contributed by atoms with Gasteiger partial charge in [0.05, 0.1) is 0 Å². The summed E-state index contributed by atoms with van der Waals surface area (Å²) in [5.74, 6) is 3.05. The maximum absolute atomic E-state index is 2.45. The highest BCUT2D eigenvalue weighted by Gasteiger charge is 2.24. The molecular weight excluding hydrogens is 144 g/mol. The third kappa shape index (κ3) is 2.80. The van der Waals surface area contributed by atoms with E-state index in [9.17, 15) is 0 Å². The highest BCUT2D eigenvalue weighted by Crippen LogP contribution is 2.35. The van der Waals surface area contributed by atoms with Crippen molar-refractivity contribution >= 4 is 0 Å². The molecule has 1 fully saturated rings. The van der Waals surface area contributed by atoms with Crippen LogP contribution in [0.15, 0.2) is 0 Å². The molecule has 1 aliphatic carbocycles. The molecule has 0 spiro atoms. The summed E-state index contributed by atoms with van der Waals surface area (Å²) < 4.78 is 0. The van der Waals surface area contributed by atoms with Crippen LogP contribution in [-0.4, -0.2) is 0 Å². The molecule has 0 amide bonds. The number of rotatable bonds is 3. The van der Waals surface area contributed by atoms with Gasteiger partial charge in [0.15, 0.2) is 0 Å². The van der Waals surface area contributed by atoms with Gasteiger partial charge >= 0.3 is 0 Å². The summed E-state index contributed by atoms with van der Waals surface area (Å²) >= 11 is 0. The third-order valence-electron chi connectivity index (χ3n) is 3.54. The van der Waals surface area contributed by atoms with E-state index >= 15 is 0 Å². The fourth-order valence-electron chi connectivity index (χ4n) is 2.62. The number of hydrogen-bond acceptors (Lipinski definition) is 0. The lowest BCUT2D eigenvalue weighted by molar-refractivity contribution is 0.191. The first-order valence-corrected chi connectivity index (χ1v) is 5.74. The van der Waals surface area contributed by atoms with Gasteiger partial charge < -0.3 is 0 Å². The van der Waals surface area contributed by atoms with Crippen LogP contribution in [0.1, 0.15) is 59.3 Å². The summed E-state index contributed by atoms with van der Waals surface area (Å²) in [6.45, 7) is 7.17. The van der Waals surface area contributed by atoms with Crippen molar-refractivity contribution in [3.8, 4) is 0 Å². The minimum atomic E-state index is 0.998. The zero-order chi connectivity index (χ0) is 8.97. The smallest absolute Gasteiger partial charge is 0.0388 e. The Bertz CT molecular complexity index is 115. The summed E-state index contributed by atoms with van der Waals surface area (Å²) in [5, 5.41) is 0. The molecular formula is C12H24. The second kappa shape index (κ2) is 4.89. The molecule has 72 valence electrons. The molecule has 0 nitrogen and oxygen atoms in total. The van der Waals surface area contributed by atoms with Crippen LogP contribution in [0.25, 0.3) is 0 Å². The van der Waals surface area contributed by atoms with E-state index in [0.717, 1.165) is 17.8 Å². The maximum atomic E-state index is 2.45. The van der Waals surface area contributed by atoms with Crippen LogP contribution >= 0.6 is 0 Å². The minimum absolute atomic E-state index is 0.998. The van der Waals surface area contributed by atoms with Crippen LogP contribution in [0, 0.1) is 17.8 Å². The fourth-order valence-corrected chi connectivity index (χ4v) is 2.62. The summed E-state index contributed by atoms with van der Waals surface area (Å²) in [6, 6.07) is 0. The molecule has 1 aliphatic rings. The Morgan fingerprint density at radius 2 is 1.92 bits per heavy atom. The molecule has 0 aromatic carbocycles. The Morgan fingerprint density at radius 3 is 2.50 bits per heavy atom. The Kier molecular flexibility index (Phi) is 4.11. The Morgan fingerprint density at radius 1 is 1.17 bits per heavy atom. The van der Waals surface area contributed by atoms with Crippen LogP contribution in [0.5, 0.6) is 0 Å². The Balaban J connectivity index is 2.25. The molecule has 0 saturated heterocycles. The van der Waals surface area contributed by atoms with Crippen molar-refractivity contribution in [2.24, 2.45) is 17.8 Å². The van der Waals surface area contributed by atoms with Crippen LogP contribution in [0.3, 0.4) is 0 Å². The van der Waals surface area contributed by atoms with Crippen molar-refractivity contribution in [2.75, 3.05) is 0 Å². The molecule has 1 saturated carbocycles. The predicted octanol–water partition coefficient (Wildman–Crippen LogP) is 4.25. The van der Waals surface area contributed by atoms with Crippen molar-refractivity contribution in [3.63, 3.8) is 0 Å². The summed E-state index contributed by atoms with van der Waals surface area (Å²) in [5.41, 5.74) is 0. The van der Waals surface area contributed by atoms with Crippen molar-refractivity contribution in [2.45, 2.75) is 59.3 Å². The molecule has 0 heterocycles. The van der Waals surface area contributed by atoms with Crippen molar-refractivity contribution < 1.29 is 0 Å². The maximum Gasteiger partial charge on any atom is -0.0388 e. The lowest BCUT2D eigenvalue weighted by Gasteiger charge is -2.32. The summed E-state index contributed by atoms with van der Waals surface area (Å²) in [6.07, 6.45) is 8.78. The molecule has 0 aliphatic heterocycles. The normalized spacial score (nSPS) is 36.8. The highest BCUT2D eigenvalue weighted by atomic mass is 14.3. The zero-order valence-corrected chi connectivity index (χ0v) is 8.97. The van der Waals surface area contributed by atoms with E-state index in [2.05, 4.69) is 20.8 Å². The third-order valence-corrected chi connectivity index (χ3v) is 3.54. The number of unbranched alkanes of at least 4 members (excludes halogenated alkanes) is 1. The summed E-state index contributed by atoms with van der Waals surface area (Å²) in [7, 11) is 0. The molecule has 0 heteroatoms.